The van der Waals surface area contributed by atoms with Gasteiger partial charge in [-0.1, -0.05) is 19.3 Å². The number of nitrogens with one attached hydrogen (secondary N) is 1. The van der Waals surface area contributed by atoms with Crippen LogP contribution in [0, 0.1) is 14.1 Å². The average Bonchev–Trinajstić information content (AvgIpc) is 2.58. The Morgan fingerprint density at radius 2 is 1.80 bits per heavy atom. The van der Waals surface area contributed by atoms with Crippen LogP contribution >= 0.6 is 45.2 Å². The Balaban J connectivity index is 2.09. The summed E-state index contributed by atoms with van der Waals surface area (Å²) in [7, 11) is 0. The van der Waals surface area contributed by atoms with Gasteiger partial charge in [0.25, 0.3) is 5.91 Å². The molecule has 0 aliphatic heterocycles. The number of hydrogen-bond donors (Lipinski definition) is 2. The van der Waals surface area contributed by atoms with E-state index < -0.39 is 0 Å². The van der Waals surface area contributed by atoms with Gasteiger partial charge in [0, 0.05) is 12.8 Å². The molecule has 1 fully saturated rings. The van der Waals surface area contributed by atoms with Crippen molar-refractivity contribution in [2.45, 2.75) is 44.9 Å². The van der Waals surface area contributed by atoms with Gasteiger partial charge < -0.3 is 11.1 Å². The van der Waals surface area contributed by atoms with Crippen molar-refractivity contribution in [1.29, 1.82) is 0 Å². The largest absolute Gasteiger partial charge is 0.366 e. The molecule has 2 aromatic carbocycles. The topological polar surface area (TPSA) is 55.1 Å². The molecule has 0 aromatic heterocycles. The number of anilines is 2. The number of amides is 1. The van der Waals surface area contributed by atoms with Gasteiger partial charge in [-0.15, -0.1) is 0 Å². The first-order chi connectivity index (χ1) is 12.0. The van der Waals surface area contributed by atoms with Crippen molar-refractivity contribution in [3.63, 3.8) is 0 Å². The van der Waals surface area contributed by atoms with Crippen molar-refractivity contribution in [2.24, 2.45) is 5.73 Å². The van der Waals surface area contributed by atoms with Crippen LogP contribution < -0.4 is 11.1 Å². The number of rotatable bonds is 4. The number of halogens is 2. The summed E-state index contributed by atoms with van der Waals surface area (Å²) in [5.41, 5.74) is 10.6. The molecular formula is C20H22I2N2O. The summed E-state index contributed by atoms with van der Waals surface area (Å²) in [5.74, 6) is 0.120. The van der Waals surface area contributed by atoms with Crippen LogP contribution in [-0.4, -0.2) is 5.91 Å². The molecule has 1 saturated carbocycles. The van der Waals surface area contributed by atoms with Gasteiger partial charge in [0.05, 0.1) is 11.3 Å². The van der Waals surface area contributed by atoms with Crippen molar-refractivity contribution in [3.05, 3.63) is 54.2 Å². The Kier molecular flexibility index (Phi) is 6.25. The summed E-state index contributed by atoms with van der Waals surface area (Å²) in [6.07, 6.45) is 6.17. The molecule has 132 valence electrons. The van der Waals surface area contributed by atoms with E-state index in [0.29, 0.717) is 11.5 Å². The molecule has 1 amide bonds. The SMILES string of the molecule is Cc1cc(I)ccc1Nc1c(C(N)=O)cc(I)cc1C1CCCCC1. The second-order valence-corrected chi connectivity index (χ2v) is 9.19. The second kappa shape index (κ2) is 8.24. The molecule has 1 aliphatic carbocycles. The number of primary amides is 1. The molecule has 25 heavy (non-hydrogen) atoms. The van der Waals surface area contributed by atoms with E-state index in [9.17, 15) is 4.79 Å². The van der Waals surface area contributed by atoms with Crippen LogP contribution in [0.5, 0.6) is 0 Å². The first-order valence-electron chi connectivity index (χ1n) is 8.62. The number of hydrogen-bond acceptors (Lipinski definition) is 2. The average molecular weight is 560 g/mol. The Hall–Kier alpha value is -0.830. The number of nitrogens with two attached hydrogens (primary N) is 1. The quantitative estimate of drug-likeness (QED) is 0.445. The maximum Gasteiger partial charge on any atom is 0.250 e. The van der Waals surface area contributed by atoms with E-state index in [1.165, 1.54) is 41.2 Å². The molecule has 3 nitrogen and oxygen atoms in total. The van der Waals surface area contributed by atoms with E-state index in [2.05, 4.69) is 81.7 Å². The van der Waals surface area contributed by atoms with Crippen LogP contribution in [0.25, 0.3) is 0 Å². The molecule has 3 N–H and O–H groups in total. The van der Waals surface area contributed by atoms with Crippen LogP contribution in [0.4, 0.5) is 11.4 Å². The minimum Gasteiger partial charge on any atom is -0.366 e. The number of aryl methyl sites for hydroxylation is 1. The summed E-state index contributed by atoms with van der Waals surface area (Å²) in [5, 5.41) is 3.53. The van der Waals surface area contributed by atoms with Crippen molar-refractivity contribution in [2.75, 3.05) is 5.32 Å². The normalized spacial score (nSPS) is 15.2. The highest BCUT2D eigenvalue weighted by atomic mass is 127. The van der Waals surface area contributed by atoms with Gasteiger partial charge in [0.2, 0.25) is 0 Å². The zero-order valence-electron chi connectivity index (χ0n) is 14.2. The van der Waals surface area contributed by atoms with Gasteiger partial charge in [0.1, 0.15) is 0 Å². The lowest BCUT2D eigenvalue weighted by molar-refractivity contribution is 0.100. The van der Waals surface area contributed by atoms with Gasteiger partial charge in [-0.25, -0.2) is 0 Å². The molecule has 1 aliphatic rings. The highest BCUT2D eigenvalue weighted by molar-refractivity contribution is 14.1. The molecular weight excluding hydrogens is 538 g/mol. The zero-order chi connectivity index (χ0) is 18.0. The summed E-state index contributed by atoms with van der Waals surface area (Å²) in [4.78, 5) is 12.1. The van der Waals surface area contributed by atoms with Crippen LogP contribution in [0.1, 0.15) is 59.5 Å². The fourth-order valence-corrected chi connectivity index (χ4v) is 4.89. The van der Waals surface area contributed by atoms with E-state index >= 15 is 0 Å². The Labute approximate surface area is 176 Å². The van der Waals surface area contributed by atoms with Crippen LogP contribution in [0.3, 0.4) is 0 Å². The Bertz CT molecular complexity index is 799. The molecule has 0 heterocycles. The summed E-state index contributed by atoms with van der Waals surface area (Å²) >= 11 is 4.60. The molecule has 0 unspecified atom stereocenters. The van der Waals surface area contributed by atoms with Crippen molar-refractivity contribution in [3.8, 4) is 0 Å². The van der Waals surface area contributed by atoms with Crippen LogP contribution in [0.15, 0.2) is 30.3 Å². The third-order valence-electron chi connectivity index (χ3n) is 4.89. The zero-order valence-corrected chi connectivity index (χ0v) is 18.6. The van der Waals surface area contributed by atoms with E-state index in [-0.39, 0.29) is 5.91 Å². The second-order valence-electron chi connectivity index (χ2n) is 6.70. The van der Waals surface area contributed by atoms with Crippen LogP contribution in [0.2, 0.25) is 0 Å². The van der Waals surface area contributed by atoms with Gasteiger partial charge in [-0.3, -0.25) is 4.79 Å². The first-order valence-corrected chi connectivity index (χ1v) is 10.8. The molecule has 5 heteroatoms. The molecule has 3 rings (SSSR count). The maximum absolute atomic E-state index is 12.1. The highest BCUT2D eigenvalue weighted by Gasteiger charge is 2.23. The van der Waals surface area contributed by atoms with Gasteiger partial charge in [0.15, 0.2) is 0 Å². The number of carbonyl (C=O) groups is 1. The van der Waals surface area contributed by atoms with Crippen molar-refractivity contribution >= 4 is 62.5 Å². The lowest BCUT2D eigenvalue weighted by Crippen LogP contribution is -2.17. The van der Waals surface area contributed by atoms with E-state index in [1.807, 2.05) is 6.07 Å². The van der Waals surface area contributed by atoms with Gasteiger partial charge >= 0.3 is 0 Å². The maximum atomic E-state index is 12.1. The van der Waals surface area contributed by atoms with E-state index in [1.54, 1.807) is 0 Å². The third-order valence-corrected chi connectivity index (χ3v) is 6.19. The predicted octanol–water partition coefficient (Wildman–Crippen LogP) is 6.09. The predicted molar refractivity (Wildman–Crippen MR) is 121 cm³/mol. The lowest BCUT2D eigenvalue weighted by atomic mass is 9.82. The summed E-state index contributed by atoms with van der Waals surface area (Å²) in [6.45, 7) is 2.08. The smallest absolute Gasteiger partial charge is 0.250 e. The first kappa shape index (κ1) is 18.9. The molecule has 0 saturated heterocycles. The fourth-order valence-electron chi connectivity index (χ4n) is 3.60. The molecule has 0 bridgehead atoms. The fraction of sp³-hybridized carbons (Fsp3) is 0.350. The van der Waals surface area contributed by atoms with E-state index in [0.717, 1.165) is 20.5 Å². The Morgan fingerprint density at radius 3 is 2.44 bits per heavy atom. The minimum atomic E-state index is -0.374. The summed E-state index contributed by atoms with van der Waals surface area (Å²) in [6, 6.07) is 10.4. The number of carbonyl (C=O) groups excluding carboxylic acids is 1. The lowest BCUT2D eigenvalue weighted by Gasteiger charge is -2.26. The van der Waals surface area contributed by atoms with Crippen molar-refractivity contribution in [1.82, 2.24) is 0 Å². The monoisotopic (exact) mass is 560 g/mol. The van der Waals surface area contributed by atoms with Crippen molar-refractivity contribution < 1.29 is 4.79 Å². The standard InChI is InChI=1S/C20H22I2N2O/c1-12-9-14(21)7-8-18(12)24-19-16(13-5-3-2-4-6-13)10-15(22)11-17(19)20(23)25/h7-11,13,24H,2-6H2,1H3,(H2,23,25). The highest BCUT2D eigenvalue weighted by Crippen LogP contribution is 2.40. The third kappa shape index (κ3) is 4.48. The molecule has 2 aromatic rings. The Morgan fingerprint density at radius 1 is 1.08 bits per heavy atom. The van der Waals surface area contributed by atoms with Gasteiger partial charge in [-0.2, -0.15) is 0 Å². The minimum absolute atomic E-state index is 0.374. The van der Waals surface area contributed by atoms with E-state index in [4.69, 9.17) is 5.73 Å². The molecule has 0 spiro atoms. The molecule has 0 atom stereocenters. The summed E-state index contributed by atoms with van der Waals surface area (Å²) < 4.78 is 2.27. The van der Waals surface area contributed by atoms with Crippen LogP contribution in [-0.2, 0) is 0 Å². The molecule has 0 radical (unpaired) electrons. The number of benzene rings is 2. The van der Waals surface area contributed by atoms with Gasteiger partial charge in [-0.05, 0) is 112 Å².